The second kappa shape index (κ2) is 7.29. The smallest absolute Gasteiger partial charge is 0.150 e. The number of nitrogens with one attached hydrogen (secondary N) is 1. The molecule has 26 heavy (non-hydrogen) atoms. The lowest BCUT2D eigenvalue weighted by Crippen LogP contribution is -2.47. The molecule has 1 aliphatic heterocycles. The van der Waals surface area contributed by atoms with E-state index in [1.807, 2.05) is 6.92 Å². The molecular weight excluding hydrogens is 342 g/mol. The minimum atomic E-state index is 0.480. The normalized spacial score (nSPS) is 22.4. The second-order valence-corrected chi connectivity index (χ2v) is 8.33. The van der Waals surface area contributed by atoms with Crippen molar-refractivity contribution in [2.45, 2.75) is 65.1 Å². The molecule has 0 bridgehead atoms. The maximum absolute atomic E-state index is 5.63. The van der Waals surface area contributed by atoms with Crippen molar-refractivity contribution in [2.75, 3.05) is 13.1 Å². The van der Waals surface area contributed by atoms with E-state index in [1.54, 1.807) is 5.56 Å². The third-order valence-corrected chi connectivity index (χ3v) is 6.22. The zero-order valence-electron chi connectivity index (χ0n) is 16.0. The van der Waals surface area contributed by atoms with E-state index in [1.165, 1.54) is 54.5 Å². The van der Waals surface area contributed by atoms with E-state index in [2.05, 4.69) is 47.0 Å². The van der Waals surface area contributed by atoms with E-state index < -0.39 is 0 Å². The summed E-state index contributed by atoms with van der Waals surface area (Å²) in [6.45, 7) is 9.31. The van der Waals surface area contributed by atoms with Gasteiger partial charge in [-0.3, -0.25) is 15.2 Å². The summed E-state index contributed by atoms with van der Waals surface area (Å²) in [4.78, 5) is 9.02. The number of hydrogen-bond acceptors (Lipinski definition) is 3. The highest BCUT2D eigenvalue weighted by molar-refractivity contribution is 7.80. The van der Waals surface area contributed by atoms with E-state index >= 15 is 0 Å². The van der Waals surface area contributed by atoms with Gasteiger partial charge in [-0.1, -0.05) is 31.3 Å². The maximum Gasteiger partial charge on any atom is 0.150 e. The first-order valence-electron chi connectivity index (χ1n) is 9.84. The molecule has 1 saturated heterocycles. The van der Waals surface area contributed by atoms with Crippen molar-refractivity contribution in [3.8, 4) is 0 Å². The number of hydrogen-bond donors (Lipinski definition) is 1. The minimum Gasteiger partial charge on any atom is -0.319 e. The topological polar surface area (TPSA) is 29.4 Å². The summed E-state index contributed by atoms with van der Waals surface area (Å²) in [6, 6.07) is 7.47. The van der Waals surface area contributed by atoms with Crippen LogP contribution in [0.5, 0.6) is 0 Å². The predicted molar refractivity (Wildman–Crippen MR) is 110 cm³/mol. The highest BCUT2D eigenvalue weighted by atomic mass is 32.1. The van der Waals surface area contributed by atoms with Crippen LogP contribution in [-0.4, -0.2) is 33.6 Å². The summed E-state index contributed by atoms with van der Waals surface area (Å²) in [5.41, 5.74) is 8.51. The third-order valence-electron chi connectivity index (χ3n) is 6.14. The Kier molecular flexibility index (Phi) is 5.04. The van der Waals surface area contributed by atoms with Crippen LogP contribution >= 0.6 is 12.2 Å². The van der Waals surface area contributed by atoms with Gasteiger partial charge in [-0.15, -0.1) is 0 Å². The summed E-state index contributed by atoms with van der Waals surface area (Å²) >= 11 is 5.05. The summed E-state index contributed by atoms with van der Waals surface area (Å²) in [5.74, 6) is 0.670. The number of benzene rings is 1. The predicted octanol–water partition coefficient (Wildman–Crippen LogP) is 4.29. The van der Waals surface area contributed by atoms with E-state index in [9.17, 15) is 0 Å². The fraction of sp³-hybridized carbons (Fsp3) is 0.571. The van der Waals surface area contributed by atoms with E-state index in [4.69, 9.17) is 17.1 Å². The quantitative estimate of drug-likeness (QED) is 0.627. The van der Waals surface area contributed by atoms with Gasteiger partial charge in [0.05, 0.1) is 10.5 Å². The minimum absolute atomic E-state index is 0.480. The first-order chi connectivity index (χ1) is 12.6. The summed E-state index contributed by atoms with van der Waals surface area (Å²) < 4.78 is 2.29. The zero-order valence-corrected chi connectivity index (χ0v) is 16.9. The van der Waals surface area contributed by atoms with Crippen molar-refractivity contribution < 1.29 is 4.84 Å². The van der Waals surface area contributed by atoms with Gasteiger partial charge in [-0.05, 0) is 69.8 Å². The van der Waals surface area contributed by atoms with Gasteiger partial charge in [0.2, 0.25) is 0 Å². The van der Waals surface area contributed by atoms with Crippen molar-refractivity contribution in [3.05, 3.63) is 35.0 Å². The lowest BCUT2D eigenvalue weighted by atomic mass is 9.74. The molecule has 2 aromatic rings. The average Bonchev–Trinajstić information content (AvgIpc) is 2.89. The monoisotopic (exact) mass is 371 g/mol. The van der Waals surface area contributed by atoms with Crippen LogP contribution in [0.1, 0.15) is 55.8 Å². The number of nitrogens with zero attached hydrogens (tertiary/aromatic N) is 2. The van der Waals surface area contributed by atoms with Crippen molar-refractivity contribution in [1.29, 1.82) is 0 Å². The number of likely N-dealkylation sites (tertiary alicyclic amines) is 1. The van der Waals surface area contributed by atoms with Crippen LogP contribution in [0, 0.1) is 6.92 Å². The van der Waals surface area contributed by atoms with Gasteiger partial charge in [-0.2, -0.15) is 0 Å². The van der Waals surface area contributed by atoms with Gasteiger partial charge in [-0.25, -0.2) is 0 Å². The summed E-state index contributed by atoms with van der Waals surface area (Å²) in [6.07, 6.45) is 5.02. The molecule has 1 N–H and O–H groups in total. The molecule has 0 unspecified atom stereocenters. The Balaban J connectivity index is 1.75. The van der Waals surface area contributed by atoms with Gasteiger partial charge >= 0.3 is 0 Å². The molecule has 2 aliphatic rings. The molecule has 2 heterocycles. The molecule has 5 heteroatoms. The fourth-order valence-corrected chi connectivity index (χ4v) is 5.15. The molecule has 4 rings (SSSR count). The molecule has 140 valence electrons. The molecule has 0 amide bonds. The van der Waals surface area contributed by atoms with Gasteiger partial charge in [0.25, 0.3) is 0 Å². The van der Waals surface area contributed by atoms with Crippen molar-refractivity contribution in [1.82, 2.24) is 14.9 Å². The van der Waals surface area contributed by atoms with Gasteiger partial charge < -0.3 is 4.57 Å². The van der Waals surface area contributed by atoms with E-state index in [-0.39, 0.29) is 0 Å². The number of fused-ring (bicyclic) bond motifs is 2. The van der Waals surface area contributed by atoms with Crippen LogP contribution < -0.4 is 5.48 Å². The molecule has 4 nitrogen and oxygen atoms in total. The first-order valence-corrected chi connectivity index (χ1v) is 10.3. The molecule has 0 saturated carbocycles. The van der Waals surface area contributed by atoms with Crippen LogP contribution in [-0.2, 0) is 18.0 Å². The van der Waals surface area contributed by atoms with Crippen molar-refractivity contribution in [3.63, 3.8) is 0 Å². The second-order valence-electron chi connectivity index (χ2n) is 7.72. The SMILES string of the molecule is CCCN1CCC[C@@H]2c3cccc4c3c(c(C)n4CONC(C)=S)C[C@H]21. The average molecular weight is 372 g/mol. The summed E-state index contributed by atoms with van der Waals surface area (Å²) in [7, 11) is 0. The number of aromatic nitrogens is 1. The lowest BCUT2D eigenvalue weighted by Gasteiger charge is -2.44. The van der Waals surface area contributed by atoms with Crippen LogP contribution in [0.15, 0.2) is 18.2 Å². The zero-order chi connectivity index (χ0) is 18.3. The number of hydroxylamine groups is 1. The maximum atomic E-state index is 5.63. The molecule has 0 radical (unpaired) electrons. The molecule has 0 spiro atoms. The van der Waals surface area contributed by atoms with E-state index in [0.717, 1.165) is 6.42 Å². The molecular formula is C21H29N3OS. The molecule has 2 atom stereocenters. The van der Waals surface area contributed by atoms with Gasteiger partial charge in [0.1, 0.15) is 0 Å². The Labute approximate surface area is 161 Å². The highest BCUT2D eigenvalue weighted by Crippen LogP contribution is 2.45. The fourth-order valence-electron chi connectivity index (χ4n) is 5.09. The van der Waals surface area contributed by atoms with E-state index in [0.29, 0.717) is 23.7 Å². The number of piperidine rings is 1. The number of thiocarbonyl (C=S) groups is 1. The Hall–Kier alpha value is -1.43. The van der Waals surface area contributed by atoms with Gasteiger partial charge in [0.15, 0.2) is 6.73 Å². The Morgan fingerprint density at radius 3 is 3.00 bits per heavy atom. The molecule has 1 aromatic carbocycles. The first kappa shape index (κ1) is 18.0. The third kappa shape index (κ3) is 2.96. The van der Waals surface area contributed by atoms with Crippen molar-refractivity contribution in [2.24, 2.45) is 0 Å². The standard InChI is InChI=1S/C21H29N3OS/c1-4-10-23-11-6-8-16-17-7-5-9-19-21(17)18(12-20(16)23)14(2)24(19)13-25-22-15(3)26/h5,7,9,16,20H,4,6,8,10-13H2,1-3H3,(H,22,26)/t16-,20-/m1/s1. The van der Waals surface area contributed by atoms with Crippen LogP contribution in [0.3, 0.4) is 0 Å². The van der Waals surface area contributed by atoms with Crippen molar-refractivity contribution >= 4 is 28.1 Å². The largest absolute Gasteiger partial charge is 0.319 e. The lowest BCUT2D eigenvalue weighted by molar-refractivity contribution is 0.0344. The van der Waals surface area contributed by atoms with Crippen LogP contribution in [0.4, 0.5) is 0 Å². The number of rotatable bonds is 5. The summed E-state index contributed by atoms with van der Waals surface area (Å²) in [5, 5.41) is 1.48. The van der Waals surface area contributed by atoms with Crippen LogP contribution in [0.25, 0.3) is 10.9 Å². The Morgan fingerprint density at radius 1 is 1.38 bits per heavy atom. The molecule has 1 aromatic heterocycles. The molecule has 1 fully saturated rings. The Morgan fingerprint density at radius 2 is 2.23 bits per heavy atom. The van der Waals surface area contributed by atoms with Gasteiger partial charge in [0, 0.05) is 23.0 Å². The molecule has 1 aliphatic carbocycles. The Bertz CT molecular complexity index is 826. The highest BCUT2D eigenvalue weighted by Gasteiger charge is 2.38. The van der Waals surface area contributed by atoms with Crippen LogP contribution in [0.2, 0.25) is 0 Å².